The Balaban J connectivity index is 1.36. The minimum atomic E-state index is -0.717. The molecule has 0 spiro atoms. The van der Waals surface area contributed by atoms with Gasteiger partial charge in [-0.15, -0.1) is 0 Å². The van der Waals surface area contributed by atoms with Gasteiger partial charge in [0.2, 0.25) is 6.10 Å². The van der Waals surface area contributed by atoms with Crippen LogP contribution in [0, 0.1) is 5.82 Å². The van der Waals surface area contributed by atoms with Crippen molar-refractivity contribution in [3.63, 3.8) is 0 Å². The van der Waals surface area contributed by atoms with Crippen LogP contribution in [0.1, 0.15) is 17.5 Å². The maximum absolute atomic E-state index is 13.8. The fourth-order valence-corrected chi connectivity index (χ4v) is 3.28. The molecule has 3 aromatic rings. The third-order valence-corrected chi connectivity index (χ3v) is 4.79. The number of anilines is 1. The number of nitrogens with one attached hydrogen (secondary N) is 1. The van der Waals surface area contributed by atoms with Gasteiger partial charge in [0.05, 0.1) is 12.3 Å². The molecule has 1 N–H and O–H groups in total. The van der Waals surface area contributed by atoms with Crippen LogP contribution in [-0.4, -0.2) is 27.5 Å². The number of hydrogen-bond donors (Lipinski definition) is 1. The Kier molecular flexibility index (Phi) is 5.21. The molecule has 2 aromatic carbocycles. The second-order valence-electron chi connectivity index (χ2n) is 6.33. The highest BCUT2D eigenvalue weighted by Crippen LogP contribution is 2.20. The van der Waals surface area contributed by atoms with Crippen molar-refractivity contribution in [2.45, 2.75) is 19.1 Å². The first-order chi connectivity index (χ1) is 13.6. The van der Waals surface area contributed by atoms with Crippen LogP contribution in [-0.2, 0) is 16.2 Å². The Morgan fingerprint density at radius 3 is 2.93 bits per heavy atom. The molecule has 0 bridgehead atoms. The Bertz CT molecular complexity index is 1050. The highest BCUT2D eigenvalue weighted by molar-refractivity contribution is 9.10. The molecule has 1 aliphatic rings. The first kappa shape index (κ1) is 18.4. The molecule has 1 aliphatic heterocycles. The van der Waals surface area contributed by atoms with Gasteiger partial charge in [-0.05, 0) is 18.2 Å². The molecule has 8 heteroatoms. The van der Waals surface area contributed by atoms with E-state index in [9.17, 15) is 9.18 Å². The van der Waals surface area contributed by atoms with E-state index >= 15 is 0 Å². The number of benzene rings is 2. The lowest BCUT2D eigenvalue weighted by atomic mass is 10.0. The Hall–Kier alpha value is -3.00. The molecule has 0 saturated heterocycles. The van der Waals surface area contributed by atoms with Crippen molar-refractivity contribution in [3.05, 3.63) is 82.2 Å². The van der Waals surface area contributed by atoms with Gasteiger partial charge in [-0.2, -0.15) is 5.10 Å². The molecule has 2 heterocycles. The van der Waals surface area contributed by atoms with Crippen molar-refractivity contribution in [2.24, 2.45) is 5.16 Å². The summed E-state index contributed by atoms with van der Waals surface area (Å²) in [5.74, 6) is -0.245. The molecule has 0 radical (unpaired) electrons. The third-order valence-electron chi connectivity index (χ3n) is 4.30. The van der Waals surface area contributed by atoms with E-state index in [4.69, 9.17) is 4.84 Å². The smallest absolute Gasteiger partial charge is 0.269 e. The Morgan fingerprint density at radius 2 is 2.11 bits per heavy atom. The fraction of sp³-hybridized carbons (Fsp3) is 0.150. The van der Waals surface area contributed by atoms with Gasteiger partial charge in [-0.1, -0.05) is 51.4 Å². The summed E-state index contributed by atoms with van der Waals surface area (Å²) in [7, 11) is 0. The molecule has 0 saturated carbocycles. The molecule has 1 amide bonds. The second kappa shape index (κ2) is 7.93. The van der Waals surface area contributed by atoms with E-state index < -0.39 is 6.10 Å². The van der Waals surface area contributed by atoms with Crippen molar-refractivity contribution >= 4 is 33.4 Å². The maximum atomic E-state index is 13.8. The van der Waals surface area contributed by atoms with Crippen LogP contribution in [0.3, 0.4) is 0 Å². The largest absolute Gasteiger partial charge is 0.382 e. The van der Waals surface area contributed by atoms with Crippen molar-refractivity contribution in [1.82, 2.24) is 9.78 Å². The highest BCUT2D eigenvalue weighted by atomic mass is 79.9. The second-order valence-corrected chi connectivity index (χ2v) is 7.24. The minimum Gasteiger partial charge on any atom is -0.382 e. The summed E-state index contributed by atoms with van der Waals surface area (Å²) in [5, 5.41) is 11.0. The summed E-state index contributed by atoms with van der Waals surface area (Å²) >= 11 is 3.42. The van der Waals surface area contributed by atoms with Crippen LogP contribution in [0.5, 0.6) is 0 Å². The van der Waals surface area contributed by atoms with E-state index in [2.05, 4.69) is 31.5 Å². The molecule has 1 unspecified atom stereocenters. The van der Waals surface area contributed by atoms with Crippen LogP contribution in [0.2, 0.25) is 0 Å². The van der Waals surface area contributed by atoms with E-state index in [1.165, 1.54) is 6.07 Å². The average molecular weight is 443 g/mol. The van der Waals surface area contributed by atoms with Crippen molar-refractivity contribution in [3.8, 4) is 0 Å². The number of amides is 1. The summed E-state index contributed by atoms with van der Waals surface area (Å²) in [6, 6.07) is 15.8. The summed E-state index contributed by atoms with van der Waals surface area (Å²) in [4.78, 5) is 17.7. The van der Waals surface area contributed by atoms with Crippen molar-refractivity contribution in [2.75, 3.05) is 5.32 Å². The molecule has 28 heavy (non-hydrogen) atoms. The first-order valence-electron chi connectivity index (χ1n) is 8.65. The average Bonchev–Trinajstić information content (AvgIpc) is 3.33. The summed E-state index contributed by atoms with van der Waals surface area (Å²) in [5.41, 5.74) is 2.14. The van der Waals surface area contributed by atoms with Gasteiger partial charge in [-0.25, -0.2) is 4.39 Å². The standard InChI is InChI=1S/C20H16BrFN4O2/c21-15-6-3-5-13(10-15)17-11-18(28-25-17)20(27)23-19-8-9-26(24-19)12-14-4-1-2-7-16(14)22/h1-10,18H,11-12H2,(H,23,24,27). The summed E-state index contributed by atoms with van der Waals surface area (Å²) < 4.78 is 16.2. The number of hydrogen-bond acceptors (Lipinski definition) is 4. The molecule has 0 fully saturated rings. The molecule has 0 aliphatic carbocycles. The normalized spacial score (nSPS) is 15.8. The monoisotopic (exact) mass is 442 g/mol. The number of nitrogens with zero attached hydrogens (tertiary/aromatic N) is 3. The first-order valence-corrected chi connectivity index (χ1v) is 9.44. The van der Waals surface area contributed by atoms with Gasteiger partial charge in [0.25, 0.3) is 5.91 Å². The van der Waals surface area contributed by atoms with Crippen LogP contribution in [0.25, 0.3) is 0 Å². The number of halogens is 2. The van der Waals surface area contributed by atoms with Crippen LogP contribution in [0.4, 0.5) is 10.2 Å². The molecule has 6 nitrogen and oxygen atoms in total. The van der Waals surface area contributed by atoms with Gasteiger partial charge in [0.15, 0.2) is 5.82 Å². The molecule has 1 atom stereocenters. The zero-order chi connectivity index (χ0) is 19.5. The molecular weight excluding hydrogens is 427 g/mol. The lowest BCUT2D eigenvalue weighted by molar-refractivity contribution is -0.125. The fourth-order valence-electron chi connectivity index (χ4n) is 2.88. The number of aromatic nitrogens is 2. The Labute approximate surface area is 169 Å². The quantitative estimate of drug-likeness (QED) is 0.649. The lowest BCUT2D eigenvalue weighted by Gasteiger charge is -2.07. The molecular formula is C20H16BrFN4O2. The van der Waals surface area contributed by atoms with E-state index in [0.29, 0.717) is 23.5 Å². The highest BCUT2D eigenvalue weighted by Gasteiger charge is 2.29. The number of oxime groups is 1. The minimum absolute atomic E-state index is 0.276. The zero-order valence-corrected chi connectivity index (χ0v) is 16.3. The van der Waals surface area contributed by atoms with Gasteiger partial charge < -0.3 is 10.2 Å². The van der Waals surface area contributed by atoms with E-state index in [-0.39, 0.29) is 18.3 Å². The SMILES string of the molecule is O=C(Nc1ccn(Cc2ccccc2F)n1)C1CC(c2cccc(Br)c2)=NO1. The summed E-state index contributed by atoms with van der Waals surface area (Å²) in [6.45, 7) is 0.276. The van der Waals surface area contributed by atoms with Crippen LogP contribution >= 0.6 is 15.9 Å². The number of carbonyl (C=O) groups is 1. The van der Waals surface area contributed by atoms with Gasteiger partial charge in [0, 0.05) is 34.3 Å². The molecule has 1 aromatic heterocycles. The summed E-state index contributed by atoms with van der Waals surface area (Å²) in [6.07, 6.45) is 1.34. The van der Waals surface area contributed by atoms with Gasteiger partial charge in [0.1, 0.15) is 5.82 Å². The Morgan fingerprint density at radius 1 is 1.25 bits per heavy atom. The third kappa shape index (κ3) is 4.12. The lowest BCUT2D eigenvalue weighted by Crippen LogP contribution is -2.28. The van der Waals surface area contributed by atoms with Gasteiger partial charge >= 0.3 is 0 Å². The van der Waals surface area contributed by atoms with Crippen LogP contribution < -0.4 is 5.32 Å². The van der Waals surface area contributed by atoms with E-state index in [1.54, 1.807) is 35.1 Å². The number of rotatable bonds is 5. The van der Waals surface area contributed by atoms with E-state index in [1.807, 2.05) is 24.3 Å². The predicted molar refractivity (Wildman–Crippen MR) is 107 cm³/mol. The molecule has 142 valence electrons. The van der Waals surface area contributed by atoms with Crippen molar-refractivity contribution in [1.29, 1.82) is 0 Å². The van der Waals surface area contributed by atoms with Crippen molar-refractivity contribution < 1.29 is 14.0 Å². The topological polar surface area (TPSA) is 68.5 Å². The van der Waals surface area contributed by atoms with Gasteiger partial charge in [-0.3, -0.25) is 9.48 Å². The zero-order valence-electron chi connectivity index (χ0n) is 14.7. The maximum Gasteiger partial charge on any atom is 0.269 e. The predicted octanol–water partition coefficient (Wildman–Crippen LogP) is 3.96. The molecule has 4 rings (SSSR count). The number of carbonyl (C=O) groups excluding carboxylic acids is 1. The van der Waals surface area contributed by atoms with Crippen LogP contribution in [0.15, 0.2) is 70.4 Å². The van der Waals surface area contributed by atoms with E-state index in [0.717, 1.165) is 10.0 Å².